The van der Waals surface area contributed by atoms with Crippen LogP contribution in [-0.2, 0) is 19.1 Å². The summed E-state index contributed by atoms with van der Waals surface area (Å²) in [5, 5.41) is 15.8. The number of benzene rings is 1. The van der Waals surface area contributed by atoms with E-state index in [1.54, 1.807) is 0 Å². The Morgan fingerprint density at radius 1 is 1.24 bits per heavy atom. The van der Waals surface area contributed by atoms with Gasteiger partial charge in [0.2, 0.25) is 5.91 Å². The van der Waals surface area contributed by atoms with E-state index in [0.29, 0.717) is 4.34 Å². The summed E-state index contributed by atoms with van der Waals surface area (Å²) in [5.41, 5.74) is -0.592. The van der Waals surface area contributed by atoms with E-state index in [9.17, 15) is 28.0 Å². The van der Waals surface area contributed by atoms with Crippen LogP contribution in [0.15, 0.2) is 30.3 Å². The number of nitrogens with one attached hydrogen (secondary N) is 3. The summed E-state index contributed by atoms with van der Waals surface area (Å²) in [5.74, 6) is -1.90. The topological polar surface area (TPSA) is 146 Å². The molecule has 0 spiro atoms. The second-order valence-corrected chi connectivity index (χ2v) is 9.24. The number of hydrogen-bond donors (Lipinski definition) is 4. The third-order valence-corrected chi connectivity index (χ3v) is 6.25. The highest BCUT2D eigenvalue weighted by atomic mass is 35.5. The Bertz CT molecular complexity index is 1150. The Balaban J connectivity index is 1.76. The van der Waals surface area contributed by atoms with E-state index in [1.165, 1.54) is 29.2 Å². The maximum atomic E-state index is 13.9. The molecule has 0 unspecified atom stereocenters. The summed E-state index contributed by atoms with van der Waals surface area (Å²) >= 11 is 6.82. The van der Waals surface area contributed by atoms with Crippen molar-refractivity contribution >= 4 is 58.1 Å². The summed E-state index contributed by atoms with van der Waals surface area (Å²) in [6, 6.07) is 5.24. The summed E-state index contributed by atoms with van der Waals surface area (Å²) in [4.78, 5) is 50.9. The number of carbonyl (C=O) groups is 4. The monoisotopic (exact) mass is 560 g/mol. The number of hydrogen-bond acceptors (Lipinski definition) is 8. The van der Waals surface area contributed by atoms with Crippen molar-refractivity contribution in [1.82, 2.24) is 10.6 Å². The maximum absolute atomic E-state index is 13.9. The normalized spacial score (nSPS) is 14.3. The van der Waals surface area contributed by atoms with Gasteiger partial charge in [0.05, 0.1) is 22.4 Å². The zero-order valence-corrected chi connectivity index (χ0v) is 20.7. The molecule has 4 N–H and O–H groups in total. The van der Waals surface area contributed by atoms with E-state index in [2.05, 4.69) is 16.0 Å². The smallest absolute Gasteiger partial charge is 0.407 e. The Morgan fingerprint density at radius 3 is 2.68 bits per heavy atom. The fourth-order valence-electron chi connectivity index (χ4n) is 3.27. The molecule has 0 aliphatic carbocycles. The minimum atomic E-state index is -3.00. The van der Waals surface area contributed by atoms with Gasteiger partial charge in [0.15, 0.2) is 0 Å². The van der Waals surface area contributed by atoms with Crippen molar-refractivity contribution < 1.29 is 42.5 Å². The summed E-state index contributed by atoms with van der Waals surface area (Å²) in [6.45, 7) is -0.973. The van der Waals surface area contributed by atoms with Gasteiger partial charge < -0.3 is 35.4 Å². The molecule has 200 valence electrons. The van der Waals surface area contributed by atoms with E-state index < -0.39 is 55.0 Å². The summed E-state index contributed by atoms with van der Waals surface area (Å²) in [6.07, 6.45) is -4.08. The molecule has 1 aromatic carbocycles. The lowest BCUT2D eigenvalue weighted by Crippen LogP contribution is -2.50. The molecule has 2 aromatic rings. The minimum absolute atomic E-state index is 0.175. The molecule has 37 heavy (non-hydrogen) atoms. The molecule has 1 aliphatic heterocycles. The Kier molecular flexibility index (Phi) is 10.1. The molecule has 0 saturated carbocycles. The van der Waals surface area contributed by atoms with Crippen LogP contribution in [0.3, 0.4) is 0 Å². The van der Waals surface area contributed by atoms with Gasteiger partial charge in [0, 0.05) is 30.0 Å². The van der Waals surface area contributed by atoms with Gasteiger partial charge in [-0.2, -0.15) is 0 Å². The lowest BCUT2D eigenvalue weighted by atomic mass is 10.1. The highest BCUT2D eigenvalue weighted by Crippen LogP contribution is 2.32. The number of carbonyl (C=O) groups excluding carboxylic acids is 4. The first kappa shape index (κ1) is 28.2. The molecule has 1 aromatic heterocycles. The van der Waals surface area contributed by atoms with Gasteiger partial charge in [-0.25, -0.2) is 13.6 Å². The molecule has 4 amide bonds. The Morgan fingerprint density at radius 2 is 2.03 bits per heavy atom. The Hall–Kier alpha value is -3.33. The van der Waals surface area contributed by atoms with Gasteiger partial charge in [0.1, 0.15) is 19.3 Å². The molecule has 1 fully saturated rings. The number of rotatable bonds is 10. The van der Waals surface area contributed by atoms with Gasteiger partial charge in [0.25, 0.3) is 18.2 Å². The maximum Gasteiger partial charge on any atom is 0.407 e. The van der Waals surface area contributed by atoms with Gasteiger partial charge in [-0.05, 0) is 30.3 Å². The van der Waals surface area contributed by atoms with Crippen LogP contribution in [0.4, 0.5) is 25.0 Å². The van der Waals surface area contributed by atoms with Crippen LogP contribution in [0.25, 0.3) is 0 Å². The standard InChI is InChI=1S/C22H23ClF2N4O7S/c23-17-4-3-16(37-17)21(33)26-10-15(28-22(34)36-8-6-30)20(32)27-14-2-1-12(9-13(14)19(24)25)29-5-7-35-11-18(29)31/h1-4,9,15,19,30H,5-8,10-11H2,(H,26,33)(H,27,32)(H,28,34)/t15-/m1/s1. The van der Waals surface area contributed by atoms with Gasteiger partial charge in [-0.1, -0.05) is 11.6 Å². The molecule has 11 nitrogen and oxygen atoms in total. The lowest BCUT2D eigenvalue weighted by molar-refractivity contribution is -0.125. The molecule has 3 rings (SSSR count). The van der Waals surface area contributed by atoms with Crippen LogP contribution in [-0.4, -0.2) is 74.5 Å². The average molecular weight is 561 g/mol. The average Bonchev–Trinajstić information content (AvgIpc) is 3.31. The van der Waals surface area contributed by atoms with Crippen molar-refractivity contribution in [3.63, 3.8) is 0 Å². The largest absolute Gasteiger partial charge is 0.447 e. The molecule has 2 heterocycles. The van der Waals surface area contributed by atoms with E-state index >= 15 is 0 Å². The lowest BCUT2D eigenvalue weighted by Gasteiger charge is -2.27. The number of thiophene rings is 1. The van der Waals surface area contributed by atoms with Crippen molar-refractivity contribution in [3.8, 4) is 0 Å². The summed E-state index contributed by atoms with van der Waals surface area (Å²) in [7, 11) is 0. The van der Waals surface area contributed by atoms with E-state index in [4.69, 9.17) is 26.2 Å². The SMILES string of the molecule is O=C(N[C@H](CNC(=O)c1ccc(Cl)s1)C(=O)Nc1ccc(N2CCOCC2=O)cc1C(F)F)OCCO. The van der Waals surface area contributed by atoms with E-state index in [-0.39, 0.29) is 42.6 Å². The predicted molar refractivity (Wildman–Crippen MR) is 130 cm³/mol. The van der Waals surface area contributed by atoms with Crippen LogP contribution in [0.2, 0.25) is 4.34 Å². The fraction of sp³-hybridized carbons (Fsp3) is 0.364. The molecular formula is C22H23ClF2N4O7S. The number of aliphatic hydroxyl groups is 1. The molecule has 0 bridgehead atoms. The first-order valence-electron chi connectivity index (χ1n) is 10.9. The molecular weight excluding hydrogens is 538 g/mol. The van der Waals surface area contributed by atoms with Crippen LogP contribution in [0.1, 0.15) is 21.7 Å². The summed E-state index contributed by atoms with van der Waals surface area (Å²) < 4.78 is 37.8. The number of halogens is 3. The van der Waals surface area contributed by atoms with E-state index in [1.807, 2.05) is 0 Å². The second-order valence-electron chi connectivity index (χ2n) is 7.53. The number of nitrogens with zero attached hydrogens (tertiary/aromatic N) is 1. The number of alkyl halides is 2. The molecule has 1 saturated heterocycles. The first-order chi connectivity index (χ1) is 17.7. The fourth-order valence-corrected chi connectivity index (χ4v) is 4.23. The molecule has 1 atom stereocenters. The predicted octanol–water partition coefficient (Wildman–Crippen LogP) is 2.16. The minimum Gasteiger partial charge on any atom is -0.447 e. The van der Waals surface area contributed by atoms with Crippen LogP contribution in [0.5, 0.6) is 0 Å². The van der Waals surface area contributed by atoms with Crippen LogP contribution < -0.4 is 20.9 Å². The molecule has 1 aliphatic rings. The number of amides is 4. The zero-order valence-electron chi connectivity index (χ0n) is 19.2. The number of morpholine rings is 1. The second kappa shape index (κ2) is 13.3. The van der Waals surface area contributed by atoms with Crippen LogP contribution >= 0.6 is 22.9 Å². The van der Waals surface area contributed by atoms with Gasteiger partial charge in [-0.15, -0.1) is 11.3 Å². The van der Waals surface area contributed by atoms with Crippen LogP contribution in [0, 0.1) is 0 Å². The van der Waals surface area contributed by atoms with Crippen molar-refractivity contribution in [2.45, 2.75) is 12.5 Å². The molecule has 0 radical (unpaired) electrons. The van der Waals surface area contributed by atoms with Gasteiger partial charge >= 0.3 is 6.09 Å². The van der Waals surface area contributed by atoms with E-state index in [0.717, 1.165) is 17.4 Å². The quantitative estimate of drug-likeness (QED) is 0.348. The first-order valence-corrected chi connectivity index (χ1v) is 12.1. The van der Waals surface area contributed by atoms with Crippen molar-refractivity contribution in [2.75, 3.05) is 49.7 Å². The number of anilines is 2. The third kappa shape index (κ3) is 7.82. The highest BCUT2D eigenvalue weighted by molar-refractivity contribution is 7.18. The third-order valence-electron chi connectivity index (χ3n) is 5.02. The number of ether oxygens (including phenoxy) is 2. The number of alkyl carbamates (subject to hydrolysis) is 1. The number of aliphatic hydroxyl groups excluding tert-OH is 1. The van der Waals surface area contributed by atoms with Gasteiger partial charge in [-0.3, -0.25) is 14.4 Å². The van der Waals surface area contributed by atoms with Crippen molar-refractivity contribution in [3.05, 3.63) is 45.1 Å². The van der Waals surface area contributed by atoms with Crippen molar-refractivity contribution in [1.29, 1.82) is 0 Å². The van der Waals surface area contributed by atoms with Crippen molar-refractivity contribution in [2.24, 2.45) is 0 Å². The zero-order chi connectivity index (χ0) is 26.9. The highest BCUT2D eigenvalue weighted by Gasteiger charge is 2.27. The Labute approximate surface area is 218 Å². The molecule has 15 heteroatoms.